The van der Waals surface area contributed by atoms with Gasteiger partial charge in [-0.05, 0) is 35.9 Å². The molecule has 2 nitrogen and oxygen atoms in total. The predicted molar refractivity (Wildman–Crippen MR) is 92.6 cm³/mol. The van der Waals surface area contributed by atoms with Crippen LogP contribution in [-0.4, -0.2) is 11.1 Å². The van der Waals surface area contributed by atoms with Gasteiger partial charge in [0.1, 0.15) is 0 Å². The maximum atomic E-state index is 3.49. The van der Waals surface area contributed by atoms with Crippen molar-refractivity contribution < 1.29 is 0 Å². The Balaban J connectivity index is 1.96. The highest BCUT2D eigenvalue weighted by molar-refractivity contribution is 9.10. The summed E-state index contributed by atoms with van der Waals surface area (Å²) in [5.41, 5.74) is 3.98. The summed E-state index contributed by atoms with van der Waals surface area (Å²) in [7, 11) is 0. The molecule has 1 aromatic heterocycles. The molecule has 0 saturated carbocycles. The summed E-state index contributed by atoms with van der Waals surface area (Å²) in [5.74, 6) is 0. The first-order valence-electron chi connectivity index (χ1n) is 7.30. The van der Waals surface area contributed by atoms with Gasteiger partial charge in [-0.25, -0.2) is 0 Å². The molecule has 0 spiro atoms. The Morgan fingerprint density at radius 3 is 2.57 bits per heavy atom. The van der Waals surface area contributed by atoms with E-state index in [1.165, 1.54) is 22.0 Å². The summed E-state index contributed by atoms with van der Waals surface area (Å²) in [5, 5.41) is 4.76. The lowest BCUT2D eigenvalue weighted by Gasteiger charge is -2.05. The lowest BCUT2D eigenvalue weighted by Crippen LogP contribution is -2.11. The Morgan fingerprint density at radius 1 is 1.05 bits per heavy atom. The van der Waals surface area contributed by atoms with Gasteiger partial charge < -0.3 is 9.88 Å². The second kappa shape index (κ2) is 6.46. The van der Waals surface area contributed by atoms with Crippen LogP contribution in [0.25, 0.3) is 10.9 Å². The number of benzene rings is 2. The highest BCUT2D eigenvalue weighted by atomic mass is 79.9. The molecule has 0 atom stereocenters. The fourth-order valence-corrected chi connectivity index (χ4v) is 2.91. The minimum atomic E-state index is 0.903. The third-order valence-corrected chi connectivity index (χ3v) is 4.23. The largest absolute Gasteiger partial charge is 0.343 e. The summed E-state index contributed by atoms with van der Waals surface area (Å²) in [4.78, 5) is 0. The van der Waals surface area contributed by atoms with Crippen LogP contribution < -0.4 is 5.32 Å². The Kier molecular flexibility index (Phi) is 4.42. The minimum Gasteiger partial charge on any atom is -0.343 e. The van der Waals surface area contributed by atoms with Gasteiger partial charge >= 0.3 is 0 Å². The van der Waals surface area contributed by atoms with Crippen molar-refractivity contribution in [3.63, 3.8) is 0 Å². The zero-order valence-corrected chi connectivity index (χ0v) is 13.7. The molecule has 2 aromatic carbocycles. The maximum Gasteiger partial charge on any atom is 0.0486 e. The summed E-state index contributed by atoms with van der Waals surface area (Å²) >= 11 is 3.49. The number of aromatic nitrogens is 1. The molecule has 108 valence electrons. The van der Waals surface area contributed by atoms with Crippen molar-refractivity contribution in [1.29, 1.82) is 0 Å². The van der Waals surface area contributed by atoms with E-state index in [1.807, 2.05) is 0 Å². The Morgan fingerprint density at radius 2 is 1.81 bits per heavy atom. The van der Waals surface area contributed by atoms with Crippen molar-refractivity contribution in [2.24, 2.45) is 0 Å². The van der Waals surface area contributed by atoms with Gasteiger partial charge in [-0.2, -0.15) is 0 Å². The van der Waals surface area contributed by atoms with Crippen molar-refractivity contribution in [2.75, 3.05) is 6.54 Å². The molecule has 0 fully saturated rings. The van der Waals surface area contributed by atoms with E-state index in [4.69, 9.17) is 0 Å². The van der Waals surface area contributed by atoms with E-state index in [1.54, 1.807) is 0 Å². The van der Waals surface area contributed by atoms with Gasteiger partial charge in [0.2, 0.25) is 0 Å². The predicted octanol–water partition coefficient (Wildman–Crippen LogP) is 4.56. The maximum absolute atomic E-state index is 3.49. The molecule has 0 bridgehead atoms. The lowest BCUT2D eigenvalue weighted by atomic mass is 10.2. The van der Waals surface area contributed by atoms with Gasteiger partial charge in [-0.1, -0.05) is 53.2 Å². The highest BCUT2D eigenvalue weighted by Gasteiger charge is 2.07. The number of nitrogens with one attached hydrogen (secondary N) is 1. The smallest absolute Gasteiger partial charge is 0.0486 e. The first-order chi connectivity index (χ1) is 10.3. The number of hydrogen-bond acceptors (Lipinski definition) is 1. The van der Waals surface area contributed by atoms with E-state index in [2.05, 4.69) is 87.5 Å². The summed E-state index contributed by atoms with van der Waals surface area (Å²) in [6, 6.07) is 17.2. The van der Waals surface area contributed by atoms with Gasteiger partial charge in [0.25, 0.3) is 0 Å². The van der Waals surface area contributed by atoms with Gasteiger partial charge in [0.15, 0.2) is 0 Å². The van der Waals surface area contributed by atoms with Crippen molar-refractivity contribution in [2.45, 2.75) is 20.0 Å². The fourth-order valence-electron chi connectivity index (χ4n) is 2.64. The Bertz CT molecular complexity index is 729. The number of halogens is 1. The Hall–Kier alpha value is -1.58. The highest BCUT2D eigenvalue weighted by Crippen LogP contribution is 2.22. The molecule has 3 rings (SSSR count). The summed E-state index contributed by atoms with van der Waals surface area (Å²) < 4.78 is 3.46. The molecule has 0 aliphatic heterocycles. The molecule has 21 heavy (non-hydrogen) atoms. The second-order valence-corrected chi connectivity index (χ2v) is 6.12. The first kappa shape index (κ1) is 14.4. The van der Waals surface area contributed by atoms with Crippen molar-refractivity contribution in [3.8, 4) is 0 Å². The zero-order chi connectivity index (χ0) is 14.7. The van der Waals surface area contributed by atoms with Crippen LogP contribution in [-0.2, 0) is 13.1 Å². The van der Waals surface area contributed by atoms with E-state index in [-0.39, 0.29) is 0 Å². The molecule has 0 saturated heterocycles. The Labute approximate surface area is 133 Å². The summed E-state index contributed by atoms with van der Waals surface area (Å²) in [6.45, 7) is 4.96. The average molecular weight is 343 g/mol. The molecular weight excluding hydrogens is 324 g/mol. The molecule has 3 aromatic rings. The topological polar surface area (TPSA) is 17.0 Å². The van der Waals surface area contributed by atoms with Gasteiger partial charge in [0.05, 0.1) is 0 Å². The van der Waals surface area contributed by atoms with E-state index < -0.39 is 0 Å². The van der Waals surface area contributed by atoms with Crippen LogP contribution in [0.4, 0.5) is 0 Å². The SMILES string of the molecule is CCNCc1cn(Cc2ccc(Br)cc2)c2ccccc12. The van der Waals surface area contributed by atoms with E-state index >= 15 is 0 Å². The number of nitrogens with zero attached hydrogens (tertiary/aromatic N) is 1. The van der Waals surface area contributed by atoms with Crippen LogP contribution in [0.3, 0.4) is 0 Å². The minimum absolute atomic E-state index is 0.903. The van der Waals surface area contributed by atoms with Crippen LogP contribution in [0.5, 0.6) is 0 Å². The van der Waals surface area contributed by atoms with Gasteiger partial charge in [-0.3, -0.25) is 0 Å². The van der Waals surface area contributed by atoms with Crippen LogP contribution in [0.15, 0.2) is 59.2 Å². The third kappa shape index (κ3) is 3.20. The standard InChI is InChI=1S/C18H19BrN2/c1-2-20-11-15-13-21(18-6-4-3-5-17(15)18)12-14-7-9-16(19)10-8-14/h3-10,13,20H,2,11-12H2,1H3. The van der Waals surface area contributed by atoms with Gasteiger partial charge in [-0.15, -0.1) is 0 Å². The molecular formula is C18H19BrN2. The summed E-state index contributed by atoms with van der Waals surface area (Å²) in [6.07, 6.45) is 2.27. The van der Waals surface area contributed by atoms with Gasteiger partial charge in [0, 0.05) is 34.7 Å². The van der Waals surface area contributed by atoms with Crippen molar-refractivity contribution >= 4 is 26.8 Å². The molecule has 0 unspecified atom stereocenters. The second-order valence-electron chi connectivity index (χ2n) is 5.21. The van der Waals surface area contributed by atoms with E-state index in [9.17, 15) is 0 Å². The lowest BCUT2D eigenvalue weighted by molar-refractivity contribution is 0.724. The molecule has 0 aliphatic rings. The van der Waals surface area contributed by atoms with Crippen molar-refractivity contribution in [3.05, 3.63) is 70.3 Å². The number of para-hydroxylation sites is 1. The molecule has 3 heteroatoms. The molecule has 1 heterocycles. The number of fused-ring (bicyclic) bond motifs is 1. The van der Waals surface area contributed by atoms with Crippen LogP contribution in [0, 0.1) is 0 Å². The number of hydrogen-bond donors (Lipinski definition) is 1. The zero-order valence-electron chi connectivity index (χ0n) is 12.1. The normalized spacial score (nSPS) is 11.1. The first-order valence-corrected chi connectivity index (χ1v) is 8.09. The fraction of sp³-hybridized carbons (Fsp3) is 0.222. The quantitative estimate of drug-likeness (QED) is 0.719. The van der Waals surface area contributed by atoms with Crippen molar-refractivity contribution in [1.82, 2.24) is 9.88 Å². The molecule has 0 aliphatic carbocycles. The number of rotatable bonds is 5. The molecule has 1 N–H and O–H groups in total. The average Bonchev–Trinajstić information content (AvgIpc) is 2.86. The van der Waals surface area contributed by atoms with Crippen LogP contribution >= 0.6 is 15.9 Å². The van der Waals surface area contributed by atoms with Crippen LogP contribution in [0.1, 0.15) is 18.1 Å². The van der Waals surface area contributed by atoms with Crippen LogP contribution in [0.2, 0.25) is 0 Å². The molecule has 0 radical (unpaired) electrons. The van der Waals surface area contributed by atoms with E-state index in [0.29, 0.717) is 0 Å². The van der Waals surface area contributed by atoms with E-state index in [0.717, 1.165) is 24.1 Å². The monoisotopic (exact) mass is 342 g/mol. The third-order valence-electron chi connectivity index (χ3n) is 3.70. The molecule has 0 amide bonds.